The second-order valence-corrected chi connectivity index (χ2v) is 10.9. The maximum atomic E-state index is 7.90. The maximum Gasteiger partial charge on any atom is 0.332 e. The summed E-state index contributed by atoms with van der Waals surface area (Å²) in [6.45, 7) is 7.90. The second-order valence-electron chi connectivity index (χ2n) is 10.9. The first kappa shape index (κ1) is 21.8. The minimum absolute atomic E-state index is 0.361. The molecule has 192 valence electrons. The number of hydrogen-bond donors (Lipinski definition) is 0. The van der Waals surface area contributed by atoms with Crippen LogP contribution >= 0.6 is 0 Å². The van der Waals surface area contributed by atoms with Gasteiger partial charge in [-0.05, 0) is 41.1 Å². The largest absolute Gasteiger partial charge is 0.360 e. The van der Waals surface area contributed by atoms with Gasteiger partial charge in [0.25, 0.3) is 5.82 Å². The average molecular weight is 534 g/mol. The van der Waals surface area contributed by atoms with E-state index < -0.39 is 0 Å². The number of nitrogens with zero attached hydrogens (tertiary/aromatic N) is 5. The van der Waals surface area contributed by atoms with Crippen LogP contribution < -0.4 is 0 Å². The second kappa shape index (κ2) is 7.60. The fourth-order valence-electron chi connectivity index (χ4n) is 7.22. The molecule has 10 aromatic rings. The Bertz CT molecular complexity index is 2810. The normalized spacial score (nSPS) is 12.3. The van der Waals surface area contributed by atoms with Gasteiger partial charge in [-0.1, -0.05) is 96.5 Å². The highest BCUT2D eigenvalue weighted by atomic mass is 15.2. The summed E-state index contributed by atoms with van der Waals surface area (Å²) in [4.78, 5) is 13.7. The van der Waals surface area contributed by atoms with E-state index in [-0.39, 0.29) is 0 Å². The Kier molecular flexibility index (Phi) is 3.94. The minimum Gasteiger partial charge on any atom is -0.360 e. The standard InChI is InChI=1S/C37H19N5/c1-38-36-24-13-4-7-15-27(24)39-37(40-36)42-29-17-9-6-14-25(29)33-31(42)20-26-23-12-5-8-16-28(23)41-30-19-18-21-10-2-3-11-22(21)32(30)34(33)35(26)41/h2-20H. The van der Waals surface area contributed by atoms with Crippen LogP contribution in [0.1, 0.15) is 0 Å². The van der Waals surface area contributed by atoms with E-state index in [9.17, 15) is 0 Å². The summed E-state index contributed by atoms with van der Waals surface area (Å²) in [5, 5.41) is 10.5. The lowest BCUT2D eigenvalue weighted by atomic mass is 9.98. The molecule has 0 aliphatic heterocycles. The van der Waals surface area contributed by atoms with E-state index in [0.29, 0.717) is 11.8 Å². The van der Waals surface area contributed by atoms with Gasteiger partial charge < -0.3 is 9.25 Å². The first-order valence-corrected chi connectivity index (χ1v) is 14.0. The highest BCUT2D eigenvalue weighted by Gasteiger charge is 2.26. The van der Waals surface area contributed by atoms with Crippen molar-refractivity contribution in [3.05, 3.63) is 127 Å². The lowest BCUT2D eigenvalue weighted by Gasteiger charge is -2.07. The molecule has 42 heavy (non-hydrogen) atoms. The molecule has 0 saturated heterocycles. The van der Waals surface area contributed by atoms with Crippen molar-refractivity contribution in [2.75, 3.05) is 0 Å². The van der Waals surface area contributed by atoms with Gasteiger partial charge in [-0.3, -0.25) is 4.57 Å². The van der Waals surface area contributed by atoms with Crippen LogP contribution in [0, 0.1) is 6.57 Å². The molecule has 0 aliphatic rings. The third-order valence-electron chi connectivity index (χ3n) is 8.87. The summed E-state index contributed by atoms with van der Waals surface area (Å²) in [5.74, 6) is 0.873. The summed E-state index contributed by atoms with van der Waals surface area (Å²) < 4.78 is 4.59. The van der Waals surface area contributed by atoms with Crippen molar-refractivity contribution in [3.8, 4) is 5.95 Å². The molecule has 0 atom stereocenters. The van der Waals surface area contributed by atoms with E-state index in [0.717, 1.165) is 27.3 Å². The molecule has 6 aromatic carbocycles. The SMILES string of the molecule is [C-]#[N+]c1nc(-n2c3ccccc3c3c4c5c6ccccc6ccc5n5c6ccccc6c(cc32)c45)nc2ccccc12. The smallest absolute Gasteiger partial charge is 0.332 e. The fraction of sp³-hybridized carbons (Fsp3) is 0. The molecule has 0 unspecified atom stereocenters. The molecule has 0 N–H and O–H groups in total. The van der Waals surface area contributed by atoms with E-state index in [1.807, 2.05) is 24.3 Å². The van der Waals surface area contributed by atoms with Crippen molar-refractivity contribution in [2.45, 2.75) is 0 Å². The Hall–Kier alpha value is -5.99. The van der Waals surface area contributed by atoms with Gasteiger partial charge in [0.15, 0.2) is 0 Å². The monoisotopic (exact) mass is 533 g/mol. The van der Waals surface area contributed by atoms with E-state index in [2.05, 4.69) is 105 Å². The average Bonchev–Trinajstić information content (AvgIpc) is 3.68. The van der Waals surface area contributed by atoms with E-state index in [1.54, 1.807) is 0 Å². The zero-order valence-corrected chi connectivity index (χ0v) is 22.2. The zero-order valence-electron chi connectivity index (χ0n) is 22.2. The lowest BCUT2D eigenvalue weighted by molar-refractivity contribution is 1.02. The lowest BCUT2D eigenvalue weighted by Crippen LogP contribution is -2.01. The van der Waals surface area contributed by atoms with Crippen LogP contribution in [0.15, 0.2) is 115 Å². The Morgan fingerprint density at radius 1 is 0.524 bits per heavy atom. The molecule has 0 bridgehead atoms. The molecule has 0 aliphatic carbocycles. The van der Waals surface area contributed by atoms with Crippen molar-refractivity contribution >= 4 is 87.4 Å². The molecule has 4 aromatic heterocycles. The number of para-hydroxylation sites is 3. The van der Waals surface area contributed by atoms with Crippen molar-refractivity contribution < 1.29 is 0 Å². The van der Waals surface area contributed by atoms with Crippen LogP contribution in [-0.2, 0) is 0 Å². The van der Waals surface area contributed by atoms with Gasteiger partial charge >= 0.3 is 5.95 Å². The molecule has 4 heterocycles. The Labute approximate surface area is 238 Å². The van der Waals surface area contributed by atoms with E-state index in [4.69, 9.17) is 16.5 Å². The third kappa shape index (κ3) is 2.53. The first-order valence-electron chi connectivity index (χ1n) is 14.0. The number of benzene rings is 6. The quantitative estimate of drug-likeness (QED) is 0.197. The predicted octanol–water partition coefficient (Wildman–Crippen LogP) is 9.58. The molecule has 0 fully saturated rings. The van der Waals surface area contributed by atoms with Crippen LogP contribution in [0.3, 0.4) is 0 Å². The fourth-order valence-corrected chi connectivity index (χ4v) is 7.22. The number of rotatable bonds is 1. The van der Waals surface area contributed by atoms with Gasteiger partial charge in [-0.15, -0.1) is 0 Å². The van der Waals surface area contributed by atoms with Crippen molar-refractivity contribution in [2.24, 2.45) is 0 Å². The van der Waals surface area contributed by atoms with Crippen LogP contribution in [0.5, 0.6) is 0 Å². The molecule has 0 saturated carbocycles. The Balaban J connectivity index is 1.53. The van der Waals surface area contributed by atoms with Crippen LogP contribution in [0.4, 0.5) is 5.82 Å². The summed E-state index contributed by atoms with van der Waals surface area (Å²) >= 11 is 0. The molecule has 10 rings (SSSR count). The van der Waals surface area contributed by atoms with Gasteiger partial charge in [0, 0.05) is 37.7 Å². The molecular weight excluding hydrogens is 514 g/mol. The first-order chi connectivity index (χ1) is 20.8. The molecular formula is C37H19N5. The topological polar surface area (TPSA) is 39.5 Å². The van der Waals surface area contributed by atoms with E-state index >= 15 is 0 Å². The maximum absolute atomic E-state index is 7.90. The molecule has 0 amide bonds. The Morgan fingerprint density at radius 2 is 1.21 bits per heavy atom. The highest BCUT2D eigenvalue weighted by Crippen LogP contribution is 2.48. The molecule has 0 spiro atoms. The van der Waals surface area contributed by atoms with Crippen molar-refractivity contribution in [1.82, 2.24) is 18.9 Å². The summed E-state index contributed by atoms with van der Waals surface area (Å²) in [6, 6.07) is 40.4. The van der Waals surface area contributed by atoms with Crippen LogP contribution in [0.2, 0.25) is 0 Å². The van der Waals surface area contributed by atoms with Crippen molar-refractivity contribution in [1.29, 1.82) is 0 Å². The van der Waals surface area contributed by atoms with Crippen LogP contribution in [-0.4, -0.2) is 18.9 Å². The summed E-state index contributed by atoms with van der Waals surface area (Å²) in [5.41, 5.74) is 6.46. The van der Waals surface area contributed by atoms with Crippen LogP contribution in [0.25, 0.3) is 92.4 Å². The molecule has 5 heteroatoms. The number of hydrogen-bond acceptors (Lipinski definition) is 2. The van der Waals surface area contributed by atoms with Gasteiger partial charge in [-0.2, -0.15) is 4.98 Å². The molecule has 0 radical (unpaired) electrons. The summed E-state index contributed by atoms with van der Waals surface area (Å²) in [7, 11) is 0. The predicted molar refractivity (Wildman–Crippen MR) is 172 cm³/mol. The van der Waals surface area contributed by atoms with Gasteiger partial charge in [0.1, 0.15) is 0 Å². The van der Waals surface area contributed by atoms with Gasteiger partial charge in [-0.25, -0.2) is 0 Å². The highest BCUT2D eigenvalue weighted by molar-refractivity contribution is 6.38. The minimum atomic E-state index is 0.361. The van der Waals surface area contributed by atoms with Gasteiger partial charge in [0.05, 0.1) is 33.1 Å². The Morgan fingerprint density at radius 3 is 2.07 bits per heavy atom. The molecule has 5 nitrogen and oxygen atoms in total. The van der Waals surface area contributed by atoms with Gasteiger partial charge in [0.2, 0.25) is 0 Å². The summed E-state index contributed by atoms with van der Waals surface area (Å²) in [6.07, 6.45) is 0. The third-order valence-corrected chi connectivity index (χ3v) is 8.87. The zero-order chi connectivity index (χ0) is 27.5. The van der Waals surface area contributed by atoms with E-state index in [1.165, 1.54) is 54.3 Å². The number of aromatic nitrogens is 4. The number of fused-ring (bicyclic) bond motifs is 13. The van der Waals surface area contributed by atoms with Crippen molar-refractivity contribution in [3.63, 3.8) is 0 Å².